The largest absolute Gasteiger partial charge is 0.343 e. The molecule has 0 aliphatic carbocycles. The number of nitrogens with zero attached hydrogens (tertiary/aromatic N) is 1. The van der Waals surface area contributed by atoms with Gasteiger partial charge in [-0.25, -0.2) is 0 Å². The van der Waals surface area contributed by atoms with Crippen molar-refractivity contribution in [3.63, 3.8) is 0 Å². The Labute approximate surface area is 103 Å². The lowest BCUT2D eigenvalue weighted by atomic mass is 9.97. The Bertz CT molecular complexity index is 323. The first-order valence-electron chi connectivity index (χ1n) is 6.21. The van der Waals surface area contributed by atoms with E-state index in [0.29, 0.717) is 6.54 Å². The Hall–Kier alpha value is -1.32. The lowest BCUT2D eigenvalue weighted by molar-refractivity contribution is -0.150. The van der Waals surface area contributed by atoms with E-state index in [0.717, 1.165) is 6.42 Å². The average Bonchev–Trinajstić information content (AvgIpc) is 2.24. The number of hydrogen-bond acceptors (Lipinski definition) is 2. The quantitative estimate of drug-likeness (QED) is 0.751. The molecule has 1 saturated heterocycles. The van der Waals surface area contributed by atoms with E-state index in [2.05, 4.69) is 5.32 Å². The van der Waals surface area contributed by atoms with Crippen LogP contribution in [0.25, 0.3) is 0 Å². The molecule has 0 radical (unpaired) electrons. The van der Waals surface area contributed by atoms with Crippen molar-refractivity contribution in [1.82, 2.24) is 10.2 Å². The Morgan fingerprint density at radius 3 is 2.59 bits per heavy atom. The molecule has 0 aromatic heterocycles. The molecule has 0 spiro atoms. The second-order valence-electron chi connectivity index (χ2n) is 4.81. The van der Waals surface area contributed by atoms with E-state index in [4.69, 9.17) is 0 Å². The summed E-state index contributed by atoms with van der Waals surface area (Å²) in [5, 5.41) is 2.73. The third-order valence-corrected chi connectivity index (χ3v) is 3.02. The summed E-state index contributed by atoms with van der Waals surface area (Å²) in [7, 11) is 0. The SMILES string of the molecule is C/C=C/CCN1C(=O)C(C)NC(=O)C1C(C)C. The van der Waals surface area contributed by atoms with Crippen molar-refractivity contribution in [1.29, 1.82) is 0 Å². The van der Waals surface area contributed by atoms with Crippen LogP contribution in [0.3, 0.4) is 0 Å². The minimum Gasteiger partial charge on any atom is -0.343 e. The highest BCUT2D eigenvalue weighted by atomic mass is 16.2. The third-order valence-electron chi connectivity index (χ3n) is 3.02. The van der Waals surface area contributed by atoms with Gasteiger partial charge >= 0.3 is 0 Å². The zero-order chi connectivity index (χ0) is 13.0. The molecule has 0 aromatic rings. The Morgan fingerprint density at radius 2 is 2.06 bits per heavy atom. The van der Waals surface area contributed by atoms with E-state index in [1.807, 2.05) is 32.9 Å². The van der Waals surface area contributed by atoms with E-state index < -0.39 is 6.04 Å². The van der Waals surface area contributed by atoms with E-state index in [1.165, 1.54) is 0 Å². The zero-order valence-corrected chi connectivity index (χ0v) is 11.1. The van der Waals surface area contributed by atoms with Gasteiger partial charge in [-0.1, -0.05) is 26.0 Å². The highest BCUT2D eigenvalue weighted by molar-refractivity contribution is 5.96. The van der Waals surface area contributed by atoms with Crippen LogP contribution in [0.15, 0.2) is 12.2 Å². The number of hydrogen-bond donors (Lipinski definition) is 1. The minimum atomic E-state index is -0.400. The van der Waals surface area contributed by atoms with Gasteiger partial charge in [0.05, 0.1) is 0 Å². The average molecular weight is 238 g/mol. The molecule has 1 aliphatic rings. The Morgan fingerprint density at radius 1 is 1.41 bits per heavy atom. The van der Waals surface area contributed by atoms with Crippen molar-refractivity contribution < 1.29 is 9.59 Å². The summed E-state index contributed by atoms with van der Waals surface area (Å²) in [5.74, 6) is 0.123. The molecule has 1 rings (SSSR count). The zero-order valence-electron chi connectivity index (χ0n) is 11.1. The summed E-state index contributed by atoms with van der Waals surface area (Å²) in [6, 6.07) is -0.730. The third kappa shape index (κ3) is 3.08. The molecule has 2 unspecified atom stereocenters. The number of rotatable bonds is 4. The van der Waals surface area contributed by atoms with Crippen LogP contribution in [-0.4, -0.2) is 35.3 Å². The fourth-order valence-corrected chi connectivity index (χ4v) is 2.18. The van der Waals surface area contributed by atoms with Crippen LogP contribution >= 0.6 is 0 Å². The number of carbonyl (C=O) groups excluding carboxylic acids is 2. The summed E-state index contributed by atoms with van der Waals surface area (Å²) in [4.78, 5) is 25.7. The molecule has 0 bridgehead atoms. The van der Waals surface area contributed by atoms with Gasteiger partial charge in [0.1, 0.15) is 12.1 Å². The molecule has 4 heteroatoms. The van der Waals surface area contributed by atoms with Gasteiger partial charge in [0.25, 0.3) is 0 Å². The molecule has 0 saturated carbocycles. The van der Waals surface area contributed by atoms with Crippen molar-refractivity contribution in [3.8, 4) is 0 Å². The molecule has 2 amide bonds. The fraction of sp³-hybridized carbons (Fsp3) is 0.692. The van der Waals surface area contributed by atoms with Crippen LogP contribution in [-0.2, 0) is 9.59 Å². The van der Waals surface area contributed by atoms with Gasteiger partial charge in [-0.15, -0.1) is 0 Å². The highest BCUT2D eigenvalue weighted by Crippen LogP contribution is 2.17. The van der Waals surface area contributed by atoms with Crippen LogP contribution in [0, 0.1) is 5.92 Å². The second-order valence-corrected chi connectivity index (χ2v) is 4.81. The topological polar surface area (TPSA) is 49.4 Å². The maximum Gasteiger partial charge on any atom is 0.245 e. The lowest BCUT2D eigenvalue weighted by Gasteiger charge is -2.39. The smallest absolute Gasteiger partial charge is 0.245 e. The van der Waals surface area contributed by atoms with Crippen molar-refractivity contribution in [3.05, 3.63) is 12.2 Å². The predicted octanol–water partition coefficient (Wildman–Crippen LogP) is 1.32. The number of allylic oxidation sites excluding steroid dienone is 1. The minimum absolute atomic E-state index is 0.0211. The van der Waals surface area contributed by atoms with Crippen LogP contribution in [0.5, 0.6) is 0 Å². The van der Waals surface area contributed by atoms with E-state index in [9.17, 15) is 9.59 Å². The molecule has 1 heterocycles. The normalized spacial score (nSPS) is 25.8. The number of nitrogens with one attached hydrogen (secondary N) is 1. The first kappa shape index (κ1) is 13.7. The van der Waals surface area contributed by atoms with Crippen LogP contribution in [0.1, 0.15) is 34.1 Å². The van der Waals surface area contributed by atoms with Gasteiger partial charge in [0, 0.05) is 6.54 Å². The monoisotopic (exact) mass is 238 g/mol. The van der Waals surface area contributed by atoms with Crippen molar-refractivity contribution in [2.45, 2.75) is 46.2 Å². The molecule has 0 aromatic carbocycles. The molecular weight excluding hydrogens is 216 g/mol. The van der Waals surface area contributed by atoms with E-state index in [-0.39, 0.29) is 23.8 Å². The number of carbonyl (C=O) groups is 2. The van der Waals surface area contributed by atoms with Gasteiger partial charge in [0.15, 0.2) is 0 Å². The standard InChI is InChI=1S/C13H22N2O2/c1-5-6-7-8-15-11(9(2)3)12(16)14-10(4)13(15)17/h5-6,9-11H,7-8H2,1-4H3,(H,14,16)/b6-5+. The van der Waals surface area contributed by atoms with Crippen molar-refractivity contribution >= 4 is 11.8 Å². The van der Waals surface area contributed by atoms with E-state index >= 15 is 0 Å². The second kappa shape index (κ2) is 5.84. The molecule has 4 nitrogen and oxygen atoms in total. The van der Waals surface area contributed by atoms with Gasteiger partial charge < -0.3 is 10.2 Å². The molecule has 17 heavy (non-hydrogen) atoms. The summed E-state index contributed by atoms with van der Waals surface area (Å²) >= 11 is 0. The fourth-order valence-electron chi connectivity index (χ4n) is 2.18. The van der Waals surface area contributed by atoms with Gasteiger partial charge in [-0.05, 0) is 26.2 Å². The Kier molecular flexibility index (Phi) is 4.73. The lowest BCUT2D eigenvalue weighted by Crippen LogP contribution is -2.64. The molecular formula is C13H22N2O2. The van der Waals surface area contributed by atoms with Crippen LogP contribution in [0.2, 0.25) is 0 Å². The summed E-state index contributed by atoms with van der Waals surface area (Å²) in [6.07, 6.45) is 4.77. The molecule has 1 fully saturated rings. The summed E-state index contributed by atoms with van der Waals surface area (Å²) in [5.41, 5.74) is 0. The van der Waals surface area contributed by atoms with Gasteiger partial charge in [-0.2, -0.15) is 0 Å². The number of amides is 2. The molecule has 1 N–H and O–H groups in total. The number of piperazine rings is 1. The first-order chi connectivity index (χ1) is 7.99. The summed E-state index contributed by atoms with van der Waals surface area (Å²) in [6.45, 7) is 8.24. The van der Waals surface area contributed by atoms with Gasteiger partial charge in [-0.3, -0.25) is 9.59 Å². The van der Waals surface area contributed by atoms with Gasteiger partial charge in [0.2, 0.25) is 11.8 Å². The maximum absolute atomic E-state index is 12.1. The first-order valence-corrected chi connectivity index (χ1v) is 6.21. The molecule has 96 valence electrons. The van der Waals surface area contributed by atoms with Crippen LogP contribution in [0.4, 0.5) is 0 Å². The molecule has 2 atom stereocenters. The predicted molar refractivity (Wildman–Crippen MR) is 67.4 cm³/mol. The molecule has 1 aliphatic heterocycles. The van der Waals surface area contributed by atoms with Crippen molar-refractivity contribution in [2.24, 2.45) is 5.92 Å². The van der Waals surface area contributed by atoms with Crippen LogP contribution < -0.4 is 5.32 Å². The Balaban J connectivity index is 2.82. The van der Waals surface area contributed by atoms with E-state index in [1.54, 1.807) is 11.8 Å². The maximum atomic E-state index is 12.1. The van der Waals surface area contributed by atoms with Crippen molar-refractivity contribution in [2.75, 3.05) is 6.54 Å². The summed E-state index contributed by atoms with van der Waals surface area (Å²) < 4.78 is 0. The highest BCUT2D eigenvalue weighted by Gasteiger charge is 2.39.